The molecule has 0 fully saturated rings. The van der Waals surface area contributed by atoms with Crippen molar-refractivity contribution in [3.8, 4) is 0 Å². The third kappa shape index (κ3) is 3.55. The van der Waals surface area contributed by atoms with Crippen molar-refractivity contribution >= 4 is 29.1 Å². The van der Waals surface area contributed by atoms with Gasteiger partial charge in [-0.05, 0) is 37.6 Å². The van der Waals surface area contributed by atoms with Crippen LogP contribution in [0, 0.1) is 6.92 Å². The van der Waals surface area contributed by atoms with E-state index in [-0.39, 0.29) is 11.9 Å². The minimum absolute atomic E-state index is 0.117. The molecule has 2 aromatic rings. The van der Waals surface area contributed by atoms with E-state index in [4.69, 9.17) is 23.2 Å². The maximum atomic E-state index is 12.5. The topological polar surface area (TPSA) is 33.2 Å². The van der Waals surface area contributed by atoms with Gasteiger partial charge in [-0.2, -0.15) is 0 Å². The standard InChI is InChI=1S/C16H16Cl2N2O/c1-10-7-15(18)14(9-19-10)16(21)20(3)11(2)12-5-4-6-13(17)8-12/h4-9,11H,1-3H3. The fourth-order valence-electron chi connectivity index (χ4n) is 2.04. The summed E-state index contributed by atoms with van der Waals surface area (Å²) in [4.78, 5) is 18.3. The molecule has 0 saturated carbocycles. The van der Waals surface area contributed by atoms with Crippen LogP contribution in [0.25, 0.3) is 0 Å². The molecule has 1 aromatic carbocycles. The lowest BCUT2D eigenvalue weighted by molar-refractivity contribution is 0.0742. The van der Waals surface area contributed by atoms with Gasteiger partial charge in [-0.25, -0.2) is 0 Å². The number of amides is 1. The average molecular weight is 323 g/mol. The van der Waals surface area contributed by atoms with Crippen molar-refractivity contribution in [2.24, 2.45) is 0 Å². The minimum atomic E-state index is -0.167. The molecule has 21 heavy (non-hydrogen) atoms. The largest absolute Gasteiger partial charge is 0.335 e. The van der Waals surface area contributed by atoms with Crippen molar-refractivity contribution in [1.29, 1.82) is 0 Å². The molecule has 5 heteroatoms. The van der Waals surface area contributed by atoms with Gasteiger partial charge >= 0.3 is 0 Å². The summed E-state index contributed by atoms with van der Waals surface area (Å²) in [6, 6.07) is 9.04. The normalized spacial score (nSPS) is 12.0. The SMILES string of the molecule is Cc1cc(Cl)c(C(=O)N(C)C(C)c2cccc(Cl)c2)cn1. The molecular formula is C16H16Cl2N2O. The van der Waals surface area contributed by atoms with Gasteiger partial charge in [-0.15, -0.1) is 0 Å². The van der Waals surface area contributed by atoms with Crippen LogP contribution in [0.1, 0.15) is 34.6 Å². The fourth-order valence-corrected chi connectivity index (χ4v) is 2.53. The molecular weight excluding hydrogens is 307 g/mol. The van der Waals surface area contributed by atoms with Crippen molar-refractivity contribution < 1.29 is 4.79 Å². The lowest BCUT2D eigenvalue weighted by Gasteiger charge is -2.26. The number of nitrogens with zero attached hydrogens (tertiary/aromatic N) is 2. The molecule has 2 rings (SSSR count). The van der Waals surface area contributed by atoms with Crippen molar-refractivity contribution in [2.75, 3.05) is 7.05 Å². The van der Waals surface area contributed by atoms with Crippen LogP contribution in [0.3, 0.4) is 0 Å². The summed E-state index contributed by atoms with van der Waals surface area (Å²) in [7, 11) is 1.74. The van der Waals surface area contributed by atoms with E-state index < -0.39 is 0 Å². The molecule has 1 heterocycles. The van der Waals surface area contributed by atoms with E-state index in [9.17, 15) is 4.79 Å². The number of hydrogen-bond donors (Lipinski definition) is 0. The first-order valence-corrected chi connectivity index (χ1v) is 7.30. The predicted octanol–water partition coefficient (Wildman–Crippen LogP) is 4.53. The number of benzene rings is 1. The van der Waals surface area contributed by atoms with Gasteiger partial charge in [0, 0.05) is 24.0 Å². The minimum Gasteiger partial charge on any atom is -0.335 e. The van der Waals surface area contributed by atoms with Crippen LogP contribution in [0.4, 0.5) is 0 Å². The first-order valence-electron chi connectivity index (χ1n) is 6.55. The van der Waals surface area contributed by atoms with E-state index in [0.717, 1.165) is 11.3 Å². The van der Waals surface area contributed by atoms with Gasteiger partial charge in [0.2, 0.25) is 0 Å². The molecule has 1 amide bonds. The summed E-state index contributed by atoms with van der Waals surface area (Å²) in [5.41, 5.74) is 2.15. The van der Waals surface area contributed by atoms with Gasteiger partial charge in [0.15, 0.2) is 0 Å². The van der Waals surface area contributed by atoms with Crippen molar-refractivity contribution in [3.05, 3.63) is 63.4 Å². The molecule has 1 aromatic heterocycles. The van der Waals surface area contributed by atoms with E-state index in [2.05, 4.69) is 4.98 Å². The Morgan fingerprint density at radius 2 is 2.00 bits per heavy atom. The van der Waals surface area contributed by atoms with E-state index in [1.807, 2.05) is 32.0 Å². The second kappa shape index (κ2) is 6.46. The molecule has 0 aliphatic rings. The lowest BCUT2D eigenvalue weighted by Crippen LogP contribution is -2.30. The first-order chi connectivity index (χ1) is 9.90. The molecule has 110 valence electrons. The Kier molecular flexibility index (Phi) is 4.86. The van der Waals surface area contributed by atoms with Gasteiger partial charge in [0.1, 0.15) is 0 Å². The second-order valence-corrected chi connectivity index (χ2v) is 5.80. The van der Waals surface area contributed by atoms with Crippen LogP contribution in [0.2, 0.25) is 10.0 Å². The Hall–Kier alpha value is -1.58. The van der Waals surface area contributed by atoms with E-state index in [1.165, 1.54) is 6.20 Å². The highest BCUT2D eigenvalue weighted by atomic mass is 35.5. The maximum Gasteiger partial charge on any atom is 0.257 e. The summed E-state index contributed by atoms with van der Waals surface area (Å²) >= 11 is 12.1. The molecule has 3 nitrogen and oxygen atoms in total. The summed E-state index contributed by atoms with van der Waals surface area (Å²) < 4.78 is 0. The Balaban J connectivity index is 2.26. The molecule has 0 aliphatic heterocycles. The number of aryl methyl sites for hydroxylation is 1. The maximum absolute atomic E-state index is 12.5. The lowest BCUT2D eigenvalue weighted by atomic mass is 10.1. The monoisotopic (exact) mass is 322 g/mol. The Labute approximate surface area is 134 Å². The molecule has 0 N–H and O–H groups in total. The van der Waals surface area contributed by atoms with E-state index in [0.29, 0.717) is 15.6 Å². The van der Waals surface area contributed by atoms with Gasteiger partial charge in [0.05, 0.1) is 16.6 Å². The van der Waals surface area contributed by atoms with Crippen molar-refractivity contribution in [3.63, 3.8) is 0 Å². The number of halogens is 2. The first kappa shape index (κ1) is 15.8. The number of rotatable bonds is 3. The number of aromatic nitrogens is 1. The molecule has 0 radical (unpaired) electrons. The highest BCUT2D eigenvalue weighted by molar-refractivity contribution is 6.33. The molecule has 0 bridgehead atoms. The van der Waals surface area contributed by atoms with Gasteiger partial charge in [-0.3, -0.25) is 9.78 Å². The van der Waals surface area contributed by atoms with Gasteiger partial charge in [-0.1, -0.05) is 35.3 Å². The van der Waals surface area contributed by atoms with Crippen LogP contribution in [0.5, 0.6) is 0 Å². The number of carbonyl (C=O) groups is 1. The summed E-state index contributed by atoms with van der Waals surface area (Å²) in [6.45, 7) is 3.78. The zero-order chi connectivity index (χ0) is 15.6. The van der Waals surface area contributed by atoms with Crippen LogP contribution in [-0.2, 0) is 0 Å². The van der Waals surface area contributed by atoms with Crippen molar-refractivity contribution in [2.45, 2.75) is 19.9 Å². The Morgan fingerprint density at radius 1 is 1.29 bits per heavy atom. The average Bonchev–Trinajstić information content (AvgIpc) is 2.45. The van der Waals surface area contributed by atoms with Gasteiger partial charge in [0.25, 0.3) is 5.91 Å². The Morgan fingerprint density at radius 3 is 2.62 bits per heavy atom. The van der Waals surface area contributed by atoms with Crippen molar-refractivity contribution in [1.82, 2.24) is 9.88 Å². The molecule has 1 atom stereocenters. The summed E-state index contributed by atoms with van der Waals surface area (Å²) in [6.07, 6.45) is 1.52. The highest BCUT2D eigenvalue weighted by Gasteiger charge is 2.21. The smallest absolute Gasteiger partial charge is 0.257 e. The van der Waals surface area contributed by atoms with Crippen LogP contribution < -0.4 is 0 Å². The van der Waals surface area contributed by atoms with E-state index in [1.54, 1.807) is 24.1 Å². The molecule has 0 saturated heterocycles. The van der Waals surface area contributed by atoms with E-state index >= 15 is 0 Å². The number of hydrogen-bond acceptors (Lipinski definition) is 2. The van der Waals surface area contributed by atoms with Crippen LogP contribution >= 0.6 is 23.2 Å². The highest BCUT2D eigenvalue weighted by Crippen LogP contribution is 2.25. The number of carbonyl (C=O) groups excluding carboxylic acids is 1. The van der Waals surface area contributed by atoms with Crippen LogP contribution in [-0.4, -0.2) is 22.8 Å². The Bertz CT molecular complexity index is 673. The molecule has 0 aliphatic carbocycles. The zero-order valence-electron chi connectivity index (χ0n) is 12.1. The third-order valence-electron chi connectivity index (χ3n) is 3.45. The number of pyridine rings is 1. The predicted molar refractivity (Wildman–Crippen MR) is 85.9 cm³/mol. The fraction of sp³-hybridized carbons (Fsp3) is 0.250. The molecule has 0 spiro atoms. The second-order valence-electron chi connectivity index (χ2n) is 4.95. The summed E-state index contributed by atoms with van der Waals surface area (Å²) in [5.74, 6) is -0.167. The quantitative estimate of drug-likeness (QED) is 0.831. The third-order valence-corrected chi connectivity index (χ3v) is 4.00. The summed E-state index contributed by atoms with van der Waals surface area (Å²) in [5, 5.41) is 1.06. The van der Waals surface area contributed by atoms with Gasteiger partial charge < -0.3 is 4.90 Å². The zero-order valence-corrected chi connectivity index (χ0v) is 13.6. The van der Waals surface area contributed by atoms with Crippen LogP contribution in [0.15, 0.2) is 36.5 Å². The molecule has 1 unspecified atom stereocenters.